The zero-order valence-electron chi connectivity index (χ0n) is 18.9. The van der Waals surface area contributed by atoms with Crippen LogP contribution in [0.5, 0.6) is 11.5 Å². The molecule has 0 bridgehead atoms. The number of para-hydroxylation sites is 1. The molecule has 2 aromatic carbocycles. The smallest absolute Gasteiger partial charge is 0.416 e. The molecule has 0 aromatic heterocycles. The van der Waals surface area contributed by atoms with Crippen LogP contribution in [-0.2, 0) is 24.1 Å². The number of carbonyl (C=O) groups excluding carboxylic acids is 1. The van der Waals surface area contributed by atoms with Crippen LogP contribution in [0.4, 0.5) is 13.2 Å². The highest BCUT2D eigenvalue weighted by Gasteiger charge is 2.39. The highest BCUT2D eigenvalue weighted by atomic mass is 19.4. The lowest BCUT2D eigenvalue weighted by atomic mass is 9.83. The number of likely N-dealkylation sites (tertiary alicyclic amines) is 2. The fraction of sp³-hybridized carbons (Fsp3) is 0.480. The van der Waals surface area contributed by atoms with Gasteiger partial charge in [0, 0.05) is 44.2 Å². The first kappa shape index (κ1) is 23.4. The van der Waals surface area contributed by atoms with Crippen molar-refractivity contribution in [2.24, 2.45) is 5.92 Å². The minimum absolute atomic E-state index is 0.0246. The molecule has 2 atom stereocenters. The second kappa shape index (κ2) is 9.63. The Kier molecular flexibility index (Phi) is 6.83. The Bertz CT molecular complexity index is 995. The Morgan fingerprint density at radius 1 is 1.03 bits per heavy atom. The Hall–Kier alpha value is -2.74. The standard InChI is InChI=1S/C25H29F3N2O3/c1-32-22-8-4-6-19(24(22)33-2)16-29-12-11-21-18(15-29)9-10-23(31)30(21)14-17-5-3-7-20(13-17)25(26,27)28/h3-8,13,18,21H,9-12,14-16H2,1-2H3/t18-,21+/m1/s1. The van der Waals surface area contributed by atoms with Crippen LogP contribution in [0.3, 0.4) is 0 Å². The normalized spacial score (nSPS) is 21.6. The number of benzene rings is 2. The number of carbonyl (C=O) groups is 1. The number of methoxy groups -OCH3 is 2. The summed E-state index contributed by atoms with van der Waals surface area (Å²) in [5.74, 6) is 1.74. The summed E-state index contributed by atoms with van der Waals surface area (Å²) in [5.41, 5.74) is 0.883. The Morgan fingerprint density at radius 3 is 2.55 bits per heavy atom. The lowest BCUT2D eigenvalue weighted by molar-refractivity contribution is -0.142. The van der Waals surface area contributed by atoms with Gasteiger partial charge in [0.15, 0.2) is 11.5 Å². The molecule has 2 saturated heterocycles. The molecule has 2 fully saturated rings. The maximum Gasteiger partial charge on any atom is 0.416 e. The molecular formula is C25H29F3N2O3. The van der Waals surface area contributed by atoms with Gasteiger partial charge in [-0.05, 0) is 42.5 Å². The van der Waals surface area contributed by atoms with Crippen molar-refractivity contribution >= 4 is 5.91 Å². The third-order valence-electron chi connectivity index (χ3n) is 6.71. The topological polar surface area (TPSA) is 42.0 Å². The number of hydrogen-bond donors (Lipinski definition) is 0. The lowest BCUT2D eigenvalue weighted by Gasteiger charge is -2.47. The zero-order chi connectivity index (χ0) is 23.6. The molecule has 0 unspecified atom stereocenters. The van der Waals surface area contributed by atoms with Gasteiger partial charge >= 0.3 is 6.18 Å². The summed E-state index contributed by atoms with van der Waals surface area (Å²) in [5, 5.41) is 0. The van der Waals surface area contributed by atoms with Gasteiger partial charge in [0.2, 0.25) is 5.91 Å². The maximum atomic E-state index is 13.1. The molecule has 0 aliphatic carbocycles. The van der Waals surface area contributed by atoms with Crippen LogP contribution in [-0.4, -0.2) is 49.1 Å². The van der Waals surface area contributed by atoms with E-state index >= 15 is 0 Å². The number of hydrogen-bond acceptors (Lipinski definition) is 4. The van der Waals surface area contributed by atoms with Crippen LogP contribution in [0, 0.1) is 5.92 Å². The van der Waals surface area contributed by atoms with Gasteiger partial charge in [0.1, 0.15) is 0 Å². The summed E-state index contributed by atoms with van der Waals surface area (Å²) in [4.78, 5) is 16.9. The van der Waals surface area contributed by atoms with Gasteiger partial charge in [0.25, 0.3) is 0 Å². The van der Waals surface area contributed by atoms with Crippen molar-refractivity contribution < 1.29 is 27.4 Å². The number of halogens is 3. The van der Waals surface area contributed by atoms with Crippen LogP contribution in [0.25, 0.3) is 0 Å². The fourth-order valence-corrected chi connectivity index (χ4v) is 5.14. The fourth-order valence-electron chi connectivity index (χ4n) is 5.14. The third-order valence-corrected chi connectivity index (χ3v) is 6.71. The van der Waals surface area contributed by atoms with E-state index in [2.05, 4.69) is 4.90 Å². The predicted octanol–water partition coefficient (Wildman–Crippen LogP) is 4.74. The summed E-state index contributed by atoms with van der Waals surface area (Å²) in [7, 11) is 3.25. The molecule has 2 heterocycles. The summed E-state index contributed by atoms with van der Waals surface area (Å²) < 4.78 is 50.3. The van der Waals surface area contributed by atoms with Crippen molar-refractivity contribution in [1.29, 1.82) is 0 Å². The predicted molar refractivity (Wildman–Crippen MR) is 118 cm³/mol. The van der Waals surface area contributed by atoms with Crippen molar-refractivity contribution in [3.63, 3.8) is 0 Å². The van der Waals surface area contributed by atoms with Crippen molar-refractivity contribution in [2.45, 2.75) is 44.6 Å². The van der Waals surface area contributed by atoms with Crippen LogP contribution in [0.15, 0.2) is 42.5 Å². The molecule has 178 valence electrons. The number of piperidine rings is 2. The van der Waals surface area contributed by atoms with Crippen LogP contribution >= 0.6 is 0 Å². The number of nitrogens with zero attached hydrogens (tertiary/aromatic N) is 2. The molecule has 33 heavy (non-hydrogen) atoms. The van der Waals surface area contributed by atoms with E-state index in [1.165, 1.54) is 6.07 Å². The summed E-state index contributed by atoms with van der Waals surface area (Å²) in [6.45, 7) is 2.56. The molecule has 0 spiro atoms. The van der Waals surface area contributed by atoms with Crippen molar-refractivity contribution in [2.75, 3.05) is 27.3 Å². The summed E-state index contributed by atoms with van der Waals surface area (Å²) >= 11 is 0. The first-order valence-corrected chi connectivity index (χ1v) is 11.2. The molecular weight excluding hydrogens is 433 g/mol. The molecule has 2 aliphatic rings. The number of rotatable bonds is 6. The summed E-state index contributed by atoms with van der Waals surface area (Å²) in [6, 6.07) is 11.2. The van der Waals surface area contributed by atoms with Gasteiger partial charge in [-0.1, -0.05) is 24.3 Å². The van der Waals surface area contributed by atoms with Crippen LogP contribution < -0.4 is 9.47 Å². The highest BCUT2D eigenvalue weighted by Crippen LogP contribution is 2.36. The van der Waals surface area contributed by atoms with Gasteiger partial charge in [-0.25, -0.2) is 0 Å². The van der Waals surface area contributed by atoms with E-state index in [-0.39, 0.29) is 18.5 Å². The molecule has 0 N–H and O–H groups in total. The summed E-state index contributed by atoms with van der Waals surface area (Å²) in [6.07, 6.45) is -2.37. The van der Waals surface area contributed by atoms with Crippen molar-refractivity contribution in [1.82, 2.24) is 9.80 Å². The SMILES string of the molecule is COc1cccc(CN2CC[C@H]3[C@H](CCC(=O)N3Cc3cccc(C(F)(F)F)c3)C2)c1OC. The van der Waals surface area contributed by atoms with E-state index in [4.69, 9.17) is 9.47 Å². The zero-order valence-corrected chi connectivity index (χ0v) is 18.9. The molecule has 8 heteroatoms. The number of amides is 1. The third kappa shape index (κ3) is 5.11. The second-order valence-corrected chi connectivity index (χ2v) is 8.76. The minimum Gasteiger partial charge on any atom is -0.493 e. The molecule has 0 radical (unpaired) electrons. The number of fused-ring (bicyclic) bond motifs is 1. The first-order chi connectivity index (χ1) is 15.8. The van der Waals surface area contributed by atoms with E-state index in [1.807, 2.05) is 18.2 Å². The maximum absolute atomic E-state index is 13.1. The molecule has 2 aromatic rings. The second-order valence-electron chi connectivity index (χ2n) is 8.76. The van der Waals surface area contributed by atoms with Gasteiger partial charge in [-0.3, -0.25) is 9.69 Å². The van der Waals surface area contributed by atoms with Gasteiger partial charge < -0.3 is 14.4 Å². The molecule has 0 saturated carbocycles. The number of alkyl halides is 3. The van der Waals surface area contributed by atoms with E-state index in [0.717, 1.165) is 49.4 Å². The largest absolute Gasteiger partial charge is 0.493 e. The average molecular weight is 463 g/mol. The highest BCUT2D eigenvalue weighted by molar-refractivity contribution is 5.77. The number of ether oxygens (including phenoxy) is 2. The molecule has 2 aliphatic heterocycles. The van der Waals surface area contributed by atoms with Crippen molar-refractivity contribution in [3.8, 4) is 11.5 Å². The quantitative estimate of drug-likeness (QED) is 0.622. The molecule has 5 nitrogen and oxygen atoms in total. The van der Waals surface area contributed by atoms with Crippen LogP contribution in [0.1, 0.15) is 36.0 Å². The monoisotopic (exact) mass is 462 g/mol. The Balaban J connectivity index is 1.46. The molecule has 1 amide bonds. The van der Waals surface area contributed by atoms with E-state index < -0.39 is 11.7 Å². The van der Waals surface area contributed by atoms with Gasteiger partial charge in [0.05, 0.1) is 19.8 Å². The van der Waals surface area contributed by atoms with Gasteiger partial charge in [-0.2, -0.15) is 13.2 Å². The average Bonchev–Trinajstić information content (AvgIpc) is 2.80. The lowest BCUT2D eigenvalue weighted by Crippen LogP contribution is -2.55. The van der Waals surface area contributed by atoms with Crippen LogP contribution in [0.2, 0.25) is 0 Å². The first-order valence-electron chi connectivity index (χ1n) is 11.2. The minimum atomic E-state index is -4.39. The van der Waals surface area contributed by atoms with E-state index in [1.54, 1.807) is 25.2 Å². The van der Waals surface area contributed by atoms with E-state index in [0.29, 0.717) is 30.2 Å². The van der Waals surface area contributed by atoms with E-state index in [9.17, 15) is 18.0 Å². The van der Waals surface area contributed by atoms with Crippen molar-refractivity contribution in [3.05, 3.63) is 59.2 Å². The Morgan fingerprint density at radius 2 is 1.82 bits per heavy atom. The Labute approximate surface area is 192 Å². The molecule has 4 rings (SSSR count). The van der Waals surface area contributed by atoms with Gasteiger partial charge in [-0.15, -0.1) is 0 Å².